The number of hydrogen-bond acceptors (Lipinski definition) is 2. The topological polar surface area (TPSA) is 55.1 Å². The van der Waals surface area contributed by atoms with Crippen LogP contribution in [0.5, 0.6) is 0 Å². The number of carbonyl (C=O) groups is 1. The first kappa shape index (κ1) is 11.2. The molecule has 2 unspecified atom stereocenters. The lowest BCUT2D eigenvalue weighted by Crippen LogP contribution is -2.39. The van der Waals surface area contributed by atoms with Gasteiger partial charge < -0.3 is 11.1 Å². The first-order valence-corrected chi connectivity index (χ1v) is 5.42. The normalized spacial score (nSPS) is 23.1. The van der Waals surface area contributed by atoms with Gasteiger partial charge in [-0.05, 0) is 25.7 Å². The van der Waals surface area contributed by atoms with Crippen molar-refractivity contribution in [2.45, 2.75) is 38.6 Å². The zero-order valence-electron chi connectivity index (χ0n) is 8.83. The lowest BCUT2D eigenvalue weighted by atomic mass is 9.93. The van der Waals surface area contributed by atoms with Gasteiger partial charge >= 0.3 is 0 Å². The Hall–Kier alpha value is -0.830. The third kappa shape index (κ3) is 3.50. The molecule has 1 aliphatic rings. The van der Waals surface area contributed by atoms with Crippen LogP contribution in [0.1, 0.15) is 32.6 Å². The van der Waals surface area contributed by atoms with Crippen LogP contribution in [0.4, 0.5) is 0 Å². The molecule has 0 heterocycles. The van der Waals surface area contributed by atoms with Gasteiger partial charge in [-0.25, -0.2) is 0 Å². The van der Waals surface area contributed by atoms with Crippen molar-refractivity contribution >= 4 is 5.91 Å². The van der Waals surface area contributed by atoms with Crippen LogP contribution in [0.3, 0.4) is 0 Å². The molecular formula is C11H20N2O. The number of amides is 1. The Bertz CT molecular complexity index is 213. The number of rotatable bonds is 4. The molecule has 0 aromatic heterocycles. The molecule has 1 aliphatic carbocycles. The molecule has 0 spiro atoms. The van der Waals surface area contributed by atoms with Crippen LogP contribution < -0.4 is 11.1 Å². The van der Waals surface area contributed by atoms with Crippen molar-refractivity contribution < 1.29 is 4.79 Å². The Kier molecular flexibility index (Phi) is 4.66. The second kappa shape index (κ2) is 5.81. The monoisotopic (exact) mass is 196 g/mol. The molecular weight excluding hydrogens is 176 g/mol. The fourth-order valence-electron chi connectivity index (χ4n) is 1.55. The zero-order valence-corrected chi connectivity index (χ0v) is 8.83. The minimum atomic E-state index is 0.0954. The zero-order chi connectivity index (χ0) is 10.4. The minimum absolute atomic E-state index is 0.0954. The maximum Gasteiger partial charge on any atom is 0.223 e. The van der Waals surface area contributed by atoms with E-state index in [0.29, 0.717) is 6.54 Å². The van der Waals surface area contributed by atoms with Crippen LogP contribution in [0.2, 0.25) is 0 Å². The summed E-state index contributed by atoms with van der Waals surface area (Å²) in [5, 5.41) is 2.91. The Balaban J connectivity index is 2.24. The van der Waals surface area contributed by atoms with E-state index in [1.807, 2.05) is 6.92 Å². The highest BCUT2D eigenvalue weighted by molar-refractivity contribution is 5.78. The Labute approximate surface area is 85.7 Å². The third-order valence-corrected chi connectivity index (χ3v) is 2.70. The summed E-state index contributed by atoms with van der Waals surface area (Å²) in [6, 6.07) is 0.0954. The van der Waals surface area contributed by atoms with Gasteiger partial charge in [-0.3, -0.25) is 4.79 Å². The average molecular weight is 196 g/mol. The first-order valence-electron chi connectivity index (χ1n) is 5.42. The van der Waals surface area contributed by atoms with Crippen LogP contribution in [-0.4, -0.2) is 18.5 Å². The molecule has 0 fully saturated rings. The van der Waals surface area contributed by atoms with E-state index in [0.717, 1.165) is 25.7 Å². The smallest absolute Gasteiger partial charge is 0.223 e. The lowest BCUT2D eigenvalue weighted by Gasteiger charge is -2.18. The molecule has 0 saturated heterocycles. The summed E-state index contributed by atoms with van der Waals surface area (Å²) in [5.74, 6) is 0.335. The Morgan fingerprint density at radius 1 is 1.64 bits per heavy atom. The van der Waals surface area contributed by atoms with Crippen LogP contribution in [0.15, 0.2) is 12.2 Å². The molecule has 2 atom stereocenters. The van der Waals surface area contributed by atoms with Crippen molar-refractivity contribution in [1.29, 1.82) is 0 Å². The Morgan fingerprint density at radius 2 is 2.43 bits per heavy atom. The fourth-order valence-corrected chi connectivity index (χ4v) is 1.55. The highest BCUT2D eigenvalue weighted by Crippen LogP contribution is 2.17. The van der Waals surface area contributed by atoms with Gasteiger partial charge in [0.1, 0.15) is 0 Å². The van der Waals surface area contributed by atoms with Crippen molar-refractivity contribution in [2.24, 2.45) is 11.7 Å². The molecule has 1 amide bonds. The van der Waals surface area contributed by atoms with E-state index in [2.05, 4.69) is 17.5 Å². The van der Waals surface area contributed by atoms with Crippen LogP contribution in [0.25, 0.3) is 0 Å². The van der Waals surface area contributed by atoms with E-state index in [1.54, 1.807) is 0 Å². The quantitative estimate of drug-likeness (QED) is 0.664. The number of nitrogens with one attached hydrogen (secondary N) is 1. The third-order valence-electron chi connectivity index (χ3n) is 2.70. The van der Waals surface area contributed by atoms with Crippen molar-refractivity contribution in [3.05, 3.63) is 12.2 Å². The predicted octanol–water partition coefficient (Wildman–Crippen LogP) is 1.20. The van der Waals surface area contributed by atoms with Gasteiger partial charge in [-0.2, -0.15) is 0 Å². The molecule has 1 rings (SSSR count). The maximum atomic E-state index is 11.6. The average Bonchev–Trinajstić information content (AvgIpc) is 2.26. The van der Waals surface area contributed by atoms with E-state index in [4.69, 9.17) is 5.73 Å². The molecule has 3 N–H and O–H groups in total. The fraction of sp³-hybridized carbons (Fsp3) is 0.727. The second-order valence-electron chi connectivity index (χ2n) is 3.89. The summed E-state index contributed by atoms with van der Waals surface area (Å²) in [5.41, 5.74) is 5.72. The van der Waals surface area contributed by atoms with E-state index in [1.165, 1.54) is 0 Å². The predicted molar refractivity (Wildman–Crippen MR) is 57.8 cm³/mol. The molecule has 80 valence electrons. The molecule has 0 saturated carbocycles. The molecule has 0 bridgehead atoms. The molecule has 3 nitrogen and oxygen atoms in total. The maximum absolute atomic E-state index is 11.6. The van der Waals surface area contributed by atoms with E-state index in [9.17, 15) is 4.79 Å². The highest BCUT2D eigenvalue weighted by atomic mass is 16.1. The number of allylic oxidation sites excluding steroid dienone is 2. The SMILES string of the molecule is CCC(N)CNC(=O)C1CC=CCC1. The van der Waals surface area contributed by atoms with Crippen molar-refractivity contribution in [3.63, 3.8) is 0 Å². The van der Waals surface area contributed by atoms with Gasteiger partial charge in [0, 0.05) is 18.5 Å². The summed E-state index contributed by atoms with van der Waals surface area (Å²) in [4.78, 5) is 11.6. The van der Waals surface area contributed by atoms with Gasteiger partial charge in [0.25, 0.3) is 0 Å². The van der Waals surface area contributed by atoms with Crippen LogP contribution in [0, 0.1) is 5.92 Å². The summed E-state index contributed by atoms with van der Waals surface area (Å²) < 4.78 is 0. The largest absolute Gasteiger partial charge is 0.354 e. The van der Waals surface area contributed by atoms with Crippen molar-refractivity contribution in [1.82, 2.24) is 5.32 Å². The summed E-state index contributed by atoms with van der Waals surface area (Å²) in [6.45, 7) is 2.63. The van der Waals surface area contributed by atoms with Crippen molar-refractivity contribution in [3.8, 4) is 0 Å². The van der Waals surface area contributed by atoms with Crippen molar-refractivity contribution in [2.75, 3.05) is 6.54 Å². The van der Waals surface area contributed by atoms with E-state index >= 15 is 0 Å². The van der Waals surface area contributed by atoms with E-state index < -0.39 is 0 Å². The molecule has 14 heavy (non-hydrogen) atoms. The molecule has 0 aromatic rings. The van der Waals surface area contributed by atoms with Crippen LogP contribution in [-0.2, 0) is 4.79 Å². The van der Waals surface area contributed by atoms with Gasteiger partial charge in [-0.15, -0.1) is 0 Å². The minimum Gasteiger partial charge on any atom is -0.354 e. The number of nitrogens with two attached hydrogens (primary N) is 1. The summed E-state index contributed by atoms with van der Waals surface area (Å²) >= 11 is 0. The van der Waals surface area contributed by atoms with Gasteiger partial charge in [-0.1, -0.05) is 19.1 Å². The van der Waals surface area contributed by atoms with Gasteiger partial charge in [0.15, 0.2) is 0 Å². The highest BCUT2D eigenvalue weighted by Gasteiger charge is 2.18. The number of carbonyl (C=O) groups excluding carboxylic acids is 1. The van der Waals surface area contributed by atoms with E-state index in [-0.39, 0.29) is 17.9 Å². The first-order chi connectivity index (χ1) is 6.74. The summed E-state index contributed by atoms with van der Waals surface area (Å²) in [7, 11) is 0. The molecule has 0 aliphatic heterocycles. The van der Waals surface area contributed by atoms with Gasteiger partial charge in [0.2, 0.25) is 5.91 Å². The molecule has 0 radical (unpaired) electrons. The molecule has 0 aromatic carbocycles. The lowest BCUT2D eigenvalue weighted by molar-refractivity contribution is -0.125. The Morgan fingerprint density at radius 3 is 3.00 bits per heavy atom. The van der Waals surface area contributed by atoms with Crippen LogP contribution >= 0.6 is 0 Å². The summed E-state index contributed by atoms with van der Waals surface area (Å²) in [6.07, 6.45) is 8.02. The second-order valence-corrected chi connectivity index (χ2v) is 3.89. The molecule has 3 heteroatoms. The standard InChI is InChI=1S/C11H20N2O/c1-2-10(12)8-13-11(14)9-6-4-3-5-7-9/h3-4,9-10H,2,5-8,12H2,1H3,(H,13,14). The number of hydrogen-bond donors (Lipinski definition) is 2. The van der Waals surface area contributed by atoms with Gasteiger partial charge in [0.05, 0.1) is 0 Å².